The number of carbonyl (C=O) groups is 1. The fraction of sp³-hybridized carbons (Fsp3) is 0.621. The lowest BCUT2D eigenvalue weighted by molar-refractivity contribution is 0.0695. The fourth-order valence-electron chi connectivity index (χ4n) is 5.71. The molecule has 0 radical (unpaired) electrons. The Morgan fingerprint density at radius 3 is 2.67 bits per heavy atom. The molecule has 2 aliphatic rings. The maximum absolute atomic E-state index is 11.3. The van der Waals surface area contributed by atoms with E-state index in [1.807, 2.05) is 18.2 Å². The number of hydrogen-bond acceptors (Lipinski definition) is 3. The fourth-order valence-corrected chi connectivity index (χ4v) is 5.71. The number of hydrogen-bond donors (Lipinski definition) is 3. The summed E-state index contributed by atoms with van der Waals surface area (Å²) in [6.07, 6.45) is 16.0. The number of allylic oxidation sites excluding steroid dienone is 2. The van der Waals surface area contributed by atoms with Crippen LogP contribution < -0.4 is 0 Å². The minimum atomic E-state index is -0.845. The van der Waals surface area contributed by atoms with Crippen molar-refractivity contribution in [1.82, 2.24) is 0 Å². The molecule has 0 heterocycles. The molecule has 33 heavy (non-hydrogen) atoms. The molecule has 4 nitrogen and oxygen atoms in total. The van der Waals surface area contributed by atoms with Crippen LogP contribution in [0.1, 0.15) is 87.6 Å². The van der Waals surface area contributed by atoms with Crippen molar-refractivity contribution < 1.29 is 20.1 Å². The normalized spacial score (nSPS) is 26.4. The van der Waals surface area contributed by atoms with Crippen molar-refractivity contribution >= 4 is 5.97 Å². The molecule has 1 unspecified atom stereocenters. The van der Waals surface area contributed by atoms with E-state index < -0.39 is 12.1 Å². The van der Waals surface area contributed by atoms with E-state index in [9.17, 15) is 20.1 Å². The Bertz CT molecular complexity index is 827. The summed E-state index contributed by atoms with van der Waals surface area (Å²) in [5, 5.41) is 30.4. The molecule has 6 atom stereocenters. The number of aliphatic hydroxyl groups excluding tert-OH is 2. The number of carboxylic acids is 1. The molecular weight excluding hydrogens is 412 g/mol. The first kappa shape index (κ1) is 25.7. The van der Waals surface area contributed by atoms with Crippen LogP contribution in [0.3, 0.4) is 0 Å². The summed E-state index contributed by atoms with van der Waals surface area (Å²) in [5.41, 5.74) is 2.86. The van der Waals surface area contributed by atoms with E-state index in [0.717, 1.165) is 69.8 Å². The van der Waals surface area contributed by atoms with Crippen LogP contribution in [0.15, 0.2) is 48.1 Å². The molecule has 0 spiro atoms. The second-order valence-corrected chi connectivity index (χ2v) is 10.3. The van der Waals surface area contributed by atoms with Gasteiger partial charge in [-0.3, -0.25) is 0 Å². The minimum Gasteiger partial charge on any atom is -0.478 e. The summed E-state index contributed by atoms with van der Waals surface area (Å²) in [6, 6.07) is 7.30. The summed E-state index contributed by atoms with van der Waals surface area (Å²) in [6.45, 7) is 4.28. The van der Waals surface area contributed by atoms with Gasteiger partial charge in [0.1, 0.15) is 0 Å². The summed E-state index contributed by atoms with van der Waals surface area (Å²) >= 11 is 0. The van der Waals surface area contributed by atoms with E-state index in [-0.39, 0.29) is 17.9 Å². The molecule has 1 aromatic carbocycles. The van der Waals surface area contributed by atoms with Crippen molar-refractivity contribution in [2.45, 2.75) is 90.3 Å². The topological polar surface area (TPSA) is 77.8 Å². The van der Waals surface area contributed by atoms with Crippen LogP contribution in [0.25, 0.3) is 0 Å². The third-order valence-electron chi connectivity index (χ3n) is 7.77. The largest absolute Gasteiger partial charge is 0.478 e. The zero-order chi connectivity index (χ0) is 23.8. The van der Waals surface area contributed by atoms with Gasteiger partial charge in [0, 0.05) is 5.92 Å². The quantitative estimate of drug-likeness (QED) is 0.246. The third kappa shape index (κ3) is 7.04. The van der Waals surface area contributed by atoms with Gasteiger partial charge in [0.15, 0.2) is 0 Å². The van der Waals surface area contributed by atoms with Crippen molar-refractivity contribution in [2.75, 3.05) is 0 Å². The Balaban J connectivity index is 1.42. The molecule has 1 fully saturated rings. The summed E-state index contributed by atoms with van der Waals surface area (Å²) in [4.78, 5) is 11.3. The van der Waals surface area contributed by atoms with E-state index in [0.29, 0.717) is 17.4 Å². The average molecular weight is 455 g/mol. The molecule has 0 aliphatic heterocycles. The van der Waals surface area contributed by atoms with Gasteiger partial charge in [0.25, 0.3) is 0 Å². The lowest BCUT2D eigenvalue weighted by atomic mass is 9.87. The van der Waals surface area contributed by atoms with Crippen molar-refractivity contribution in [3.8, 4) is 0 Å². The van der Waals surface area contributed by atoms with Crippen LogP contribution in [0.4, 0.5) is 0 Å². The molecule has 4 heteroatoms. The van der Waals surface area contributed by atoms with Crippen LogP contribution in [0.2, 0.25) is 0 Å². The highest BCUT2D eigenvalue weighted by molar-refractivity contribution is 5.89. The van der Waals surface area contributed by atoms with E-state index >= 15 is 0 Å². The molecule has 1 aromatic rings. The lowest BCUT2D eigenvalue weighted by Crippen LogP contribution is -2.20. The lowest BCUT2D eigenvalue weighted by Gasteiger charge is -2.20. The van der Waals surface area contributed by atoms with Gasteiger partial charge in [-0.15, -0.1) is 0 Å². The number of aryl methyl sites for hydroxylation is 1. The summed E-state index contributed by atoms with van der Waals surface area (Å²) in [5.74, 6) is 0.482. The first-order valence-corrected chi connectivity index (χ1v) is 13.0. The molecule has 182 valence electrons. The zero-order valence-corrected chi connectivity index (χ0v) is 20.3. The second kappa shape index (κ2) is 12.5. The Morgan fingerprint density at radius 1 is 1.15 bits per heavy atom. The first-order chi connectivity index (χ1) is 15.9. The van der Waals surface area contributed by atoms with Gasteiger partial charge in [-0.05, 0) is 74.3 Å². The van der Waals surface area contributed by atoms with Crippen molar-refractivity contribution in [3.63, 3.8) is 0 Å². The molecule has 3 rings (SSSR count). The molecular formula is C29H42O4. The first-order valence-electron chi connectivity index (χ1n) is 13.0. The number of rotatable bonds is 13. The van der Waals surface area contributed by atoms with E-state index in [4.69, 9.17) is 0 Å². The molecule has 0 bridgehead atoms. The Kier molecular flexibility index (Phi) is 9.76. The molecule has 2 aliphatic carbocycles. The maximum atomic E-state index is 11.3. The highest BCUT2D eigenvalue weighted by Crippen LogP contribution is 2.48. The predicted molar refractivity (Wildman–Crippen MR) is 133 cm³/mol. The van der Waals surface area contributed by atoms with Gasteiger partial charge in [-0.25, -0.2) is 4.79 Å². The summed E-state index contributed by atoms with van der Waals surface area (Å²) in [7, 11) is 0. The number of unbranched alkanes of at least 4 members (excludes halogenated alkanes) is 3. The Morgan fingerprint density at radius 2 is 1.91 bits per heavy atom. The van der Waals surface area contributed by atoms with E-state index in [1.165, 1.54) is 5.57 Å². The standard InChI is InChI=1S/C29H42O4/c1-3-4-10-20(2)27(30)16-15-25-26-18-21(17-23(26)19-28(25)31)11-6-5-7-12-22-13-8-9-14-24(22)29(32)33/h8-9,13-17,20,23,25-28,30-31H,3-7,10-12,18-19H2,1-2H3,(H,32,33)/b16-15+/t20-,23-,25-,26-,27?,28+/m0/s1. The Hall–Kier alpha value is -1.91. The van der Waals surface area contributed by atoms with E-state index in [1.54, 1.807) is 12.1 Å². The van der Waals surface area contributed by atoms with Gasteiger partial charge in [0.05, 0.1) is 17.8 Å². The van der Waals surface area contributed by atoms with Crippen molar-refractivity contribution in [2.24, 2.45) is 23.7 Å². The number of aliphatic hydroxyl groups is 2. The number of benzene rings is 1. The maximum Gasteiger partial charge on any atom is 0.335 e. The third-order valence-corrected chi connectivity index (χ3v) is 7.77. The van der Waals surface area contributed by atoms with Gasteiger partial charge >= 0.3 is 5.97 Å². The van der Waals surface area contributed by atoms with Gasteiger partial charge in [-0.2, -0.15) is 0 Å². The van der Waals surface area contributed by atoms with Crippen molar-refractivity contribution in [1.29, 1.82) is 0 Å². The number of fused-ring (bicyclic) bond motifs is 1. The predicted octanol–water partition coefficient (Wildman–Crippen LogP) is 6.17. The highest BCUT2D eigenvalue weighted by Gasteiger charge is 2.43. The van der Waals surface area contributed by atoms with Crippen LogP contribution in [-0.2, 0) is 6.42 Å². The summed E-state index contributed by atoms with van der Waals surface area (Å²) < 4.78 is 0. The number of carboxylic acid groups (broad SMARTS) is 1. The van der Waals surface area contributed by atoms with Crippen LogP contribution >= 0.6 is 0 Å². The van der Waals surface area contributed by atoms with Gasteiger partial charge in [-0.1, -0.05) is 75.1 Å². The van der Waals surface area contributed by atoms with Gasteiger partial charge in [0.2, 0.25) is 0 Å². The SMILES string of the molecule is CCCC[C@H](C)C(O)/C=C/[C@H]1[C@H]2CC(CCCCCc3ccccc3C(=O)O)=C[C@H]2C[C@H]1O. The van der Waals surface area contributed by atoms with Crippen LogP contribution in [0, 0.1) is 23.7 Å². The monoisotopic (exact) mass is 454 g/mol. The molecule has 3 N–H and O–H groups in total. The molecule has 0 amide bonds. The van der Waals surface area contributed by atoms with Crippen LogP contribution in [0.5, 0.6) is 0 Å². The van der Waals surface area contributed by atoms with E-state index in [2.05, 4.69) is 26.0 Å². The highest BCUT2D eigenvalue weighted by atomic mass is 16.4. The van der Waals surface area contributed by atoms with Gasteiger partial charge < -0.3 is 15.3 Å². The van der Waals surface area contributed by atoms with Crippen LogP contribution in [-0.4, -0.2) is 33.5 Å². The number of aromatic carboxylic acids is 1. The zero-order valence-electron chi connectivity index (χ0n) is 20.3. The smallest absolute Gasteiger partial charge is 0.335 e. The minimum absolute atomic E-state index is 0.143. The second-order valence-electron chi connectivity index (χ2n) is 10.3. The molecule has 0 aromatic heterocycles. The molecule has 0 saturated heterocycles. The van der Waals surface area contributed by atoms with Crippen molar-refractivity contribution in [3.05, 3.63) is 59.2 Å². The molecule has 1 saturated carbocycles. The average Bonchev–Trinajstić information content (AvgIpc) is 3.31. The Labute approximate surface area is 199 Å².